The van der Waals surface area contributed by atoms with E-state index in [1.165, 1.54) is 11.1 Å². The van der Waals surface area contributed by atoms with Gasteiger partial charge in [-0.2, -0.15) is 0 Å². The predicted molar refractivity (Wildman–Crippen MR) is 77.6 cm³/mol. The van der Waals surface area contributed by atoms with Crippen molar-refractivity contribution in [2.75, 3.05) is 13.2 Å². The van der Waals surface area contributed by atoms with Crippen LogP contribution in [0.1, 0.15) is 38.8 Å². The molecule has 106 valence electrons. The highest BCUT2D eigenvalue weighted by Gasteiger charge is 2.31. The first-order valence-corrected chi connectivity index (χ1v) is 7.13. The topological polar surface area (TPSA) is 30.5 Å². The molecule has 3 heteroatoms. The third-order valence-corrected chi connectivity index (χ3v) is 3.39. The van der Waals surface area contributed by atoms with E-state index in [0.717, 1.165) is 31.9 Å². The van der Waals surface area contributed by atoms with Crippen molar-refractivity contribution in [1.82, 2.24) is 5.32 Å². The summed E-state index contributed by atoms with van der Waals surface area (Å²) < 4.78 is 11.5. The van der Waals surface area contributed by atoms with Crippen molar-refractivity contribution in [1.29, 1.82) is 0 Å². The lowest BCUT2D eigenvalue weighted by Crippen LogP contribution is -2.30. The molecule has 3 nitrogen and oxygen atoms in total. The zero-order chi connectivity index (χ0) is 13.9. The summed E-state index contributed by atoms with van der Waals surface area (Å²) in [5, 5.41) is 3.49. The van der Waals surface area contributed by atoms with E-state index < -0.39 is 0 Å². The first-order valence-electron chi connectivity index (χ1n) is 7.13. The van der Waals surface area contributed by atoms with Crippen LogP contribution in [0, 0.1) is 0 Å². The van der Waals surface area contributed by atoms with Gasteiger partial charge in [-0.3, -0.25) is 0 Å². The fourth-order valence-electron chi connectivity index (χ4n) is 2.46. The van der Waals surface area contributed by atoms with Crippen LogP contribution in [-0.4, -0.2) is 24.9 Å². The van der Waals surface area contributed by atoms with Crippen molar-refractivity contribution in [2.45, 2.75) is 52.3 Å². The van der Waals surface area contributed by atoms with Crippen LogP contribution in [0.3, 0.4) is 0 Å². The molecule has 0 fully saturated rings. The molecule has 2 rings (SSSR count). The molecule has 0 bridgehead atoms. The summed E-state index contributed by atoms with van der Waals surface area (Å²) in [6, 6.07) is 6.77. The summed E-state index contributed by atoms with van der Waals surface area (Å²) in [4.78, 5) is 0. The minimum Gasteiger partial charge on any atom is -0.487 e. The van der Waals surface area contributed by atoms with E-state index in [0.29, 0.717) is 6.04 Å². The second-order valence-corrected chi connectivity index (χ2v) is 5.89. The molecule has 1 aromatic rings. The van der Waals surface area contributed by atoms with Gasteiger partial charge in [-0.25, -0.2) is 0 Å². The first-order chi connectivity index (χ1) is 9.02. The summed E-state index contributed by atoms with van der Waals surface area (Å²) in [6.07, 6.45) is 0.991. The molecule has 1 heterocycles. The Kier molecular flexibility index (Phi) is 4.48. The second kappa shape index (κ2) is 5.93. The molecule has 1 atom stereocenters. The predicted octanol–water partition coefficient (Wildman–Crippen LogP) is 2.91. The number of para-hydroxylation sites is 1. The molecule has 0 spiro atoms. The summed E-state index contributed by atoms with van der Waals surface area (Å²) in [6.45, 7) is 10.8. The van der Waals surface area contributed by atoms with Crippen LogP contribution < -0.4 is 10.1 Å². The maximum atomic E-state index is 6.07. The van der Waals surface area contributed by atoms with Crippen LogP contribution in [-0.2, 0) is 17.7 Å². The Morgan fingerprint density at radius 1 is 1.42 bits per heavy atom. The fourth-order valence-corrected chi connectivity index (χ4v) is 2.46. The monoisotopic (exact) mass is 263 g/mol. The molecule has 1 unspecified atom stereocenters. The molecule has 1 N–H and O–H groups in total. The highest BCUT2D eigenvalue weighted by atomic mass is 16.5. The Morgan fingerprint density at radius 2 is 2.21 bits per heavy atom. The fraction of sp³-hybridized carbons (Fsp3) is 0.625. The van der Waals surface area contributed by atoms with Crippen LogP contribution in [0.15, 0.2) is 18.2 Å². The summed E-state index contributed by atoms with van der Waals surface area (Å²) >= 11 is 0. The number of fused-ring (bicyclic) bond motifs is 1. The third kappa shape index (κ3) is 3.71. The molecule has 1 aliphatic heterocycles. The first kappa shape index (κ1) is 14.4. The number of nitrogens with one attached hydrogen (secondary N) is 1. The van der Waals surface area contributed by atoms with Gasteiger partial charge in [0.05, 0.1) is 6.61 Å². The van der Waals surface area contributed by atoms with Crippen molar-refractivity contribution in [3.63, 3.8) is 0 Å². The van der Waals surface area contributed by atoms with Gasteiger partial charge in [-0.1, -0.05) is 18.2 Å². The van der Waals surface area contributed by atoms with E-state index in [9.17, 15) is 0 Å². The van der Waals surface area contributed by atoms with E-state index in [4.69, 9.17) is 9.47 Å². The number of ether oxygens (including phenoxy) is 2. The minimum absolute atomic E-state index is 0.0740. The normalized spacial score (nSPS) is 17.9. The molecular formula is C16H25NO2. The van der Waals surface area contributed by atoms with Crippen molar-refractivity contribution in [2.24, 2.45) is 0 Å². The molecule has 0 saturated carbocycles. The van der Waals surface area contributed by atoms with Crippen LogP contribution in [0.25, 0.3) is 0 Å². The lowest BCUT2D eigenvalue weighted by Gasteiger charge is -2.19. The number of hydrogen-bond donors (Lipinski definition) is 1. The summed E-state index contributed by atoms with van der Waals surface area (Å²) in [5.74, 6) is 1.07. The number of rotatable bonds is 6. The van der Waals surface area contributed by atoms with E-state index >= 15 is 0 Å². The minimum atomic E-state index is -0.0740. The van der Waals surface area contributed by atoms with Gasteiger partial charge in [0.15, 0.2) is 0 Å². The zero-order valence-corrected chi connectivity index (χ0v) is 12.5. The molecule has 0 aromatic heterocycles. The quantitative estimate of drug-likeness (QED) is 0.856. The lowest BCUT2D eigenvalue weighted by atomic mass is 10.0. The number of benzene rings is 1. The Balaban J connectivity index is 1.98. The summed E-state index contributed by atoms with van der Waals surface area (Å²) in [5.41, 5.74) is 2.49. The van der Waals surface area contributed by atoms with Crippen molar-refractivity contribution >= 4 is 0 Å². The van der Waals surface area contributed by atoms with E-state index in [1.807, 2.05) is 6.92 Å². The molecule has 0 saturated heterocycles. The standard InChI is InChI=1S/C16H25NO2/c1-5-18-11-12(2)17-10-14-8-6-7-13-9-16(3,4)19-15(13)14/h6-8,12,17H,5,9-11H2,1-4H3. The van der Waals surface area contributed by atoms with Crippen molar-refractivity contribution in [3.05, 3.63) is 29.3 Å². The highest BCUT2D eigenvalue weighted by molar-refractivity contribution is 5.45. The SMILES string of the molecule is CCOCC(C)NCc1cccc2c1OC(C)(C)C2. The third-order valence-electron chi connectivity index (χ3n) is 3.39. The van der Waals surface area contributed by atoms with Gasteiger partial charge >= 0.3 is 0 Å². The molecule has 0 amide bonds. The van der Waals surface area contributed by atoms with Gasteiger partial charge in [-0.15, -0.1) is 0 Å². The average Bonchev–Trinajstić information content (AvgIpc) is 2.68. The van der Waals surface area contributed by atoms with Crippen LogP contribution in [0.2, 0.25) is 0 Å². The maximum absolute atomic E-state index is 6.07. The van der Waals surface area contributed by atoms with Gasteiger partial charge < -0.3 is 14.8 Å². The van der Waals surface area contributed by atoms with E-state index in [2.05, 4.69) is 44.3 Å². The molecule has 0 aliphatic carbocycles. The van der Waals surface area contributed by atoms with E-state index in [-0.39, 0.29) is 5.60 Å². The van der Waals surface area contributed by atoms with Gasteiger partial charge in [0.25, 0.3) is 0 Å². The van der Waals surface area contributed by atoms with Gasteiger partial charge in [0.2, 0.25) is 0 Å². The zero-order valence-electron chi connectivity index (χ0n) is 12.5. The Hall–Kier alpha value is -1.06. The maximum Gasteiger partial charge on any atom is 0.127 e. The Bertz CT molecular complexity index is 429. The van der Waals surface area contributed by atoms with Gasteiger partial charge in [-0.05, 0) is 33.3 Å². The van der Waals surface area contributed by atoms with Crippen LogP contribution >= 0.6 is 0 Å². The lowest BCUT2D eigenvalue weighted by molar-refractivity contribution is 0.125. The van der Waals surface area contributed by atoms with Crippen LogP contribution in [0.5, 0.6) is 5.75 Å². The molecule has 1 aromatic carbocycles. The average molecular weight is 263 g/mol. The molecule has 19 heavy (non-hydrogen) atoms. The molecule has 0 radical (unpaired) electrons. The van der Waals surface area contributed by atoms with E-state index in [1.54, 1.807) is 0 Å². The van der Waals surface area contributed by atoms with Crippen LogP contribution in [0.4, 0.5) is 0 Å². The van der Waals surface area contributed by atoms with Gasteiger partial charge in [0.1, 0.15) is 11.4 Å². The largest absolute Gasteiger partial charge is 0.487 e. The highest BCUT2D eigenvalue weighted by Crippen LogP contribution is 2.37. The molecular weight excluding hydrogens is 238 g/mol. The molecule has 1 aliphatic rings. The Labute approximate surface area is 116 Å². The smallest absolute Gasteiger partial charge is 0.127 e. The van der Waals surface area contributed by atoms with Crippen molar-refractivity contribution in [3.8, 4) is 5.75 Å². The number of hydrogen-bond acceptors (Lipinski definition) is 3. The second-order valence-electron chi connectivity index (χ2n) is 5.89. The Morgan fingerprint density at radius 3 is 2.95 bits per heavy atom. The van der Waals surface area contributed by atoms with Gasteiger partial charge in [0, 0.05) is 31.2 Å². The summed E-state index contributed by atoms with van der Waals surface area (Å²) in [7, 11) is 0. The van der Waals surface area contributed by atoms with Crippen molar-refractivity contribution < 1.29 is 9.47 Å².